The van der Waals surface area contributed by atoms with Crippen LogP contribution in [0.3, 0.4) is 0 Å². The highest BCUT2D eigenvalue weighted by Crippen LogP contribution is 2.60. The van der Waals surface area contributed by atoms with Crippen molar-refractivity contribution in [1.82, 2.24) is 15.3 Å². The lowest BCUT2D eigenvalue weighted by molar-refractivity contribution is -0.141. The van der Waals surface area contributed by atoms with Crippen LogP contribution in [-0.4, -0.2) is 34.9 Å². The second-order valence-corrected chi connectivity index (χ2v) is 11.9. The van der Waals surface area contributed by atoms with Gasteiger partial charge in [-0.1, -0.05) is 6.08 Å². The van der Waals surface area contributed by atoms with E-state index in [1.165, 1.54) is 6.08 Å². The second-order valence-electron chi connectivity index (χ2n) is 10.1. The van der Waals surface area contributed by atoms with E-state index >= 15 is 4.39 Å². The number of nitrogens with one attached hydrogen (secondary N) is 1. The Morgan fingerprint density at radius 1 is 1.15 bits per heavy atom. The Morgan fingerprint density at radius 3 is 2.41 bits per heavy atom. The van der Waals surface area contributed by atoms with Crippen LogP contribution in [0.25, 0.3) is 0 Å². The molecule has 3 unspecified atom stereocenters. The van der Waals surface area contributed by atoms with E-state index in [-0.39, 0.29) is 16.9 Å². The van der Waals surface area contributed by atoms with Crippen molar-refractivity contribution in [3.05, 3.63) is 60.0 Å². The van der Waals surface area contributed by atoms with Crippen molar-refractivity contribution in [2.75, 3.05) is 0 Å². The van der Waals surface area contributed by atoms with Gasteiger partial charge in [0.1, 0.15) is 23.0 Å². The normalized spacial score (nSPS) is 29.0. The average molecular weight is 497 g/mol. The van der Waals surface area contributed by atoms with E-state index < -0.39 is 49.4 Å². The molecule has 1 aromatic heterocycles. The predicted molar refractivity (Wildman–Crippen MR) is 117 cm³/mol. The standard InChI is InChI=1S/C23H24F4N4O2S/c1-21(2,3)31-11-10-15(13-4-5-13)22-18(31)9-7-16(24)19(22)29-30-20(22)34(32,33)14-6-8-17(28-12-14)23(25,26)27/h6-13,15,19,29H,4-5H2,1-3H3. The van der Waals surface area contributed by atoms with E-state index in [0.717, 1.165) is 18.9 Å². The van der Waals surface area contributed by atoms with Crippen LogP contribution in [0.5, 0.6) is 0 Å². The summed E-state index contributed by atoms with van der Waals surface area (Å²) in [6.45, 7) is 5.88. The number of rotatable bonds is 2. The summed E-state index contributed by atoms with van der Waals surface area (Å²) < 4.78 is 81.9. The van der Waals surface area contributed by atoms with Gasteiger partial charge in [0.15, 0.2) is 5.04 Å². The van der Waals surface area contributed by atoms with Crippen LogP contribution in [0.2, 0.25) is 0 Å². The number of pyridine rings is 1. The van der Waals surface area contributed by atoms with Crippen LogP contribution < -0.4 is 5.43 Å². The zero-order valence-corrected chi connectivity index (χ0v) is 19.6. The van der Waals surface area contributed by atoms with Crippen molar-refractivity contribution in [1.29, 1.82) is 0 Å². The van der Waals surface area contributed by atoms with Gasteiger partial charge in [0.25, 0.3) is 0 Å². The van der Waals surface area contributed by atoms with Gasteiger partial charge >= 0.3 is 6.18 Å². The van der Waals surface area contributed by atoms with E-state index in [2.05, 4.69) is 15.5 Å². The maximum Gasteiger partial charge on any atom is 0.433 e. The molecule has 11 heteroatoms. The van der Waals surface area contributed by atoms with E-state index in [1.807, 2.05) is 37.9 Å². The third-order valence-electron chi connectivity index (χ3n) is 6.88. The van der Waals surface area contributed by atoms with E-state index in [0.29, 0.717) is 18.0 Å². The summed E-state index contributed by atoms with van der Waals surface area (Å²) >= 11 is 0. The lowest BCUT2D eigenvalue weighted by Crippen LogP contribution is -2.59. The second kappa shape index (κ2) is 7.16. The number of sulfone groups is 1. The Labute approximate surface area is 195 Å². The summed E-state index contributed by atoms with van der Waals surface area (Å²) in [5, 5.41) is 3.85. The van der Waals surface area contributed by atoms with Crippen LogP contribution in [0.15, 0.2) is 64.3 Å². The molecule has 1 aromatic rings. The number of alkyl halides is 3. The quantitative estimate of drug-likeness (QED) is 0.608. The van der Waals surface area contributed by atoms with Crippen molar-refractivity contribution < 1.29 is 26.0 Å². The number of hydrogen-bond acceptors (Lipinski definition) is 6. The molecule has 1 N–H and O–H groups in total. The largest absolute Gasteiger partial charge is 0.433 e. The van der Waals surface area contributed by atoms with Gasteiger partial charge in [0.05, 0.1) is 4.90 Å². The highest BCUT2D eigenvalue weighted by atomic mass is 32.2. The molecule has 0 amide bonds. The van der Waals surface area contributed by atoms with Gasteiger partial charge in [0.2, 0.25) is 9.84 Å². The molecule has 6 nitrogen and oxygen atoms in total. The Hall–Kier alpha value is -2.69. The van der Waals surface area contributed by atoms with Crippen LogP contribution in [0, 0.1) is 17.3 Å². The van der Waals surface area contributed by atoms with Gasteiger partial charge in [0, 0.05) is 29.6 Å². The molecule has 34 heavy (non-hydrogen) atoms. The molecule has 4 aliphatic rings. The van der Waals surface area contributed by atoms with Crippen LogP contribution in [0.1, 0.15) is 39.3 Å². The number of allylic oxidation sites excluding steroid dienone is 3. The fourth-order valence-electron chi connectivity index (χ4n) is 5.24. The molecule has 0 saturated heterocycles. The lowest BCUT2D eigenvalue weighted by atomic mass is 9.62. The zero-order chi connectivity index (χ0) is 24.7. The first-order chi connectivity index (χ1) is 15.8. The van der Waals surface area contributed by atoms with Crippen LogP contribution in [-0.2, 0) is 16.0 Å². The summed E-state index contributed by atoms with van der Waals surface area (Å²) in [7, 11) is -4.42. The number of aromatic nitrogens is 1. The highest BCUT2D eigenvalue weighted by Gasteiger charge is 2.66. The number of hydrazone groups is 1. The molecule has 5 rings (SSSR count). The van der Waals surface area contributed by atoms with E-state index in [9.17, 15) is 21.6 Å². The zero-order valence-electron chi connectivity index (χ0n) is 18.8. The fourth-order valence-corrected chi connectivity index (χ4v) is 6.87. The fraction of sp³-hybridized carbons (Fsp3) is 0.478. The monoisotopic (exact) mass is 496 g/mol. The molecule has 0 radical (unpaired) electrons. The topological polar surface area (TPSA) is 74.7 Å². The van der Waals surface area contributed by atoms with E-state index in [1.54, 1.807) is 6.08 Å². The number of hydrogen-bond donors (Lipinski definition) is 1. The Kier molecular flexibility index (Phi) is 4.86. The molecule has 0 bridgehead atoms. The molecule has 1 spiro atoms. The lowest BCUT2D eigenvalue weighted by Gasteiger charge is -2.53. The SMILES string of the molecule is CC(C)(C)N1C=CC(C2CC2)C23C1=CC=C(F)C2NN=C3S(=O)(=O)c1ccc(C(F)(F)F)nc1. The summed E-state index contributed by atoms with van der Waals surface area (Å²) in [6.07, 6.45) is 4.47. The highest BCUT2D eigenvalue weighted by molar-refractivity contribution is 8.06. The third kappa shape index (κ3) is 3.23. The third-order valence-corrected chi connectivity index (χ3v) is 8.68. The number of halogens is 4. The van der Waals surface area contributed by atoms with Crippen molar-refractivity contribution in [3.8, 4) is 0 Å². The van der Waals surface area contributed by atoms with Gasteiger partial charge < -0.3 is 4.90 Å². The van der Waals surface area contributed by atoms with Crippen LogP contribution in [0.4, 0.5) is 17.6 Å². The van der Waals surface area contributed by atoms with Crippen molar-refractivity contribution in [2.24, 2.45) is 22.4 Å². The maximum absolute atomic E-state index is 15.2. The van der Waals surface area contributed by atoms with Gasteiger partial charge in [-0.15, -0.1) is 0 Å². The molecule has 1 saturated carbocycles. The van der Waals surface area contributed by atoms with E-state index in [4.69, 9.17) is 0 Å². The Balaban J connectivity index is 1.69. The minimum atomic E-state index is -4.70. The molecule has 182 valence electrons. The molecule has 0 aromatic carbocycles. The summed E-state index contributed by atoms with van der Waals surface area (Å²) in [5.74, 6) is -0.757. The van der Waals surface area contributed by atoms with Crippen molar-refractivity contribution in [3.63, 3.8) is 0 Å². The van der Waals surface area contributed by atoms with Crippen LogP contribution >= 0.6 is 0 Å². The minimum Gasteiger partial charge on any atom is -0.345 e. The van der Waals surface area contributed by atoms with Gasteiger partial charge in [-0.3, -0.25) is 10.4 Å². The first-order valence-electron chi connectivity index (χ1n) is 11.0. The van der Waals surface area contributed by atoms with Gasteiger partial charge in [-0.05, 0) is 63.8 Å². The summed E-state index contributed by atoms with van der Waals surface area (Å²) in [4.78, 5) is 4.83. The molecule has 2 aliphatic heterocycles. The molecular formula is C23H24F4N4O2S. The van der Waals surface area contributed by atoms with Gasteiger partial charge in [-0.2, -0.15) is 18.3 Å². The smallest absolute Gasteiger partial charge is 0.345 e. The molecule has 3 heterocycles. The van der Waals surface area contributed by atoms with Crippen molar-refractivity contribution >= 4 is 14.9 Å². The number of nitrogens with zero attached hydrogens (tertiary/aromatic N) is 3. The Bertz CT molecular complexity index is 1260. The Morgan fingerprint density at radius 2 is 1.85 bits per heavy atom. The molecule has 1 fully saturated rings. The van der Waals surface area contributed by atoms with Gasteiger partial charge in [-0.25, -0.2) is 12.8 Å². The maximum atomic E-state index is 15.2. The molecule has 2 aliphatic carbocycles. The van der Waals surface area contributed by atoms with Crippen molar-refractivity contribution in [2.45, 2.75) is 56.3 Å². The summed E-state index contributed by atoms with van der Waals surface area (Å²) in [6, 6.07) is 0.464. The first-order valence-corrected chi connectivity index (χ1v) is 12.4. The minimum absolute atomic E-state index is 0.140. The summed E-state index contributed by atoms with van der Waals surface area (Å²) in [5.41, 5.74) is 0.280. The first kappa shape index (κ1) is 23.1. The molecule has 3 atom stereocenters. The molecular weight excluding hydrogens is 472 g/mol. The average Bonchev–Trinajstić information content (AvgIpc) is 3.50. The predicted octanol–water partition coefficient (Wildman–Crippen LogP) is 4.55.